The molecule has 0 radical (unpaired) electrons. The van der Waals surface area contributed by atoms with Crippen molar-refractivity contribution in [3.8, 4) is 51.5 Å². The van der Waals surface area contributed by atoms with Gasteiger partial charge in [0, 0.05) is 35.4 Å². The molecule has 278 valence electrons. The number of benzene rings is 4. The molecule has 0 N–H and O–H groups in total. The van der Waals surface area contributed by atoms with Gasteiger partial charge in [-0.05, 0) is 48.2 Å². The topological polar surface area (TPSA) is 87.8 Å². The molecule has 10 heteroatoms. The Morgan fingerprint density at radius 3 is 1.45 bits per heavy atom. The average Bonchev–Trinajstić information content (AvgIpc) is 3.48. The Labute approximate surface area is 350 Å². The predicted molar refractivity (Wildman–Crippen MR) is 206 cm³/mol. The van der Waals surface area contributed by atoms with Crippen molar-refractivity contribution in [3.63, 3.8) is 0 Å². The van der Waals surface area contributed by atoms with E-state index in [9.17, 15) is 0 Å². The fraction of sp³-hybridized carbons (Fsp3) is 0.178. The van der Waals surface area contributed by atoms with Crippen LogP contribution in [0.15, 0.2) is 110 Å². The normalized spacial score (nSPS) is 11.1. The molecule has 8 nitrogen and oxygen atoms in total. The van der Waals surface area contributed by atoms with Crippen LogP contribution in [0.2, 0.25) is 0 Å². The SMILES string of the molecule is CC(C)Cc1ccnc(-c2[c-]c(Oc3[c-]c4c(cc3)c3ccc(Oc5[c-]c(-c6cc(CC(C)C)ccn6)ccc5)[c-]c3n4-c3ncncn3)ccc2)c1.[Pt+2].[Pt+2]. The van der Waals surface area contributed by atoms with Crippen LogP contribution in [-0.4, -0.2) is 29.5 Å². The zero-order chi connectivity index (χ0) is 36.3. The van der Waals surface area contributed by atoms with E-state index in [2.05, 4.69) is 101 Å². The van der Waals surface area contributed by atoms with Gasteiger partial charge in [0.1, 0.15) is 12.7 Å². The van der Waals surface area contributed by atoms with Crippen molar-refractivity contribution >= 4 is 21.8 Å². The average molecular weight is 1080 g/mol. The number of rotatable bonds is 11. The van der Waals surface area contributed by atoms with Crippen molar-refractivity contribution in [1.82, 2.24) is 29.5 Å². The fourth-order valence-corrected chi connectivity index (χ4v) is 6.48. The zero-order valence-electron chi connectivity index (χ0n) is 30.6. The minimum Gasteiger partial charge on any atom is -0.503 e. The van der Waals surface area contributed by atoms with Crippen molar-refractivity contribution in [1.29, 1.82) is 0 Å². The standard InChI is InChI=1S/C45H36N6O2.2Pt/c1-29(2)19-31-15-17-47-41(21-31)33-7-5-9-35(23-33)52-37-11-13-39-40-14-12-38(26-44(40)51(43(39)25-37)45-49-27-46-28-50-45)53-36-10-6-8-34(24-36)42-22-32(16-18-48-42)20-30(3)4;;/h5-18,21-22,27-30H,19-20H2,1-4H3;;/q-4;2*+2. The van der Waals surface area contributed by atoms with E-state index in [1.807, 2.05) is 77.6 Å². The number of aromatic nitrogens is 6. The van der Waals surface area contributed by atoms with E-state index in [-0.39, 0.29) is 42.1 Å². The van der Waals surface area contributed by atoms with Gasteiger partial charge >= 0.3 is 42.1 Å². The summed E-state index contributed by atoms with van der Waals surface area (Å²) in [6.07, 6.45) is 8.61. The molecule has 55 heavy (non-hydrogen) atoms. The first-order valence-corrected chi connectivity index (χ1v) is 17.7. The largest absolute Gasteiger partial charge is 2.00 e. The summed E-state index contributed by atoms with van der Waals surface area (Å²) in [4.78, 5) is 22.2. The van der Waals surface area contributed by atoms with Crippen LogP contribution in [0.3, 0.4) is 0 Å². The summed E-state index contributed by atoms with van der Waals surface area (Å²) < 4.78 is 14.6. The summed E-state index contributed by atoms with van der Waals surface area (Å²) in [6, 6.07) is 41.5. The summed E-state index contributed by atoms with van der Waals surface area (Å²) in [7, 11) is 0. The van der Waals surface area contributed by atoms with Gasteiger partial charge in [-0.2, -0.15) is 22.9 Å². The molecule has 0 aliphatic carbocycles. The first-order valence-electron chi connectivity index (χ1n) is 17.7. The minimum absolute atomic E-state index is 0. The molecule has 0 unspecified atom stereocenters. The molecule has 8 rings (SSSR count). The molecule has 0 aliphatic heterocycles. The van der Waals surface area contributed by atoms with Gasteiger partial charge in [0.05, 0.1) is 0 Å². The van der Waals surface area contributed by atoms with Gasteiger partial charge in [-0.3, -0.25) is 0 Å². The zero-order valence-corrected chi connectivity index (χ0v) is 35.1. The maximum absolute atomic E-state index is 6.36. The smallest absolute Gasteiger partial charge is 0.503 e. The molecule has 4 aromatic carbocycles. The molecule has 0 spiro atoms. The van der Waals surface area contributed by atoms with Crippen LogP contribution >= 0.6 is 0 Å². The van der Waals surface area contributed by atoms with Crippen molar-refractivity contribution in [3.05, 3.63) is 145 Å². The maximum atomic E-state index is 6.36. The number of pyridine rings is 2. The van der Waals surface area contributed by atoms with Crippen molar-refractivity contribution in [2.24, 2.45) is 11.8 Å². The summed E-state index contributed by atoms with van der Waals surface area (Å²) in [5, 5.41) is 1.86. The van der Waals surface area contributed by atoms with Crippen molar-refractivity contribution in [2.45, 2.75) is 40.5 Å². The van der Waals surface area contributed by atoms with Gasteiger partial charge in [0.15, 0.2) is 0 Å². The summed E-state index contributed by atoms with van der Waals surface area (Å²) in [5.74, 6) is 3.66. The van der Waals surface area contributed by atoms with E-state index in [1.165, 1.54) is 23.8 Å². The minimum atomic E-state index is 0. The second-order valence-electron chi connectivity index (χ2n) is 13.8. The molecule has 0 saturated heterocycles. The van der Waals surface area contributed by atoms with E-state index in [4.69, 9.17) is 9.47 Å². The molecule has 4 heterocycles. The van der Waals surface area contributed by atoms with Gasteiger partial charge in [0.25, 0.3) is 0 Å². The molecular formula is C45H36N6O2Pt2. The number of nitrogens with zero attached hydrogens (tertiary/aromatic N) is 6. The summed E-state index contributed by atoms with van der Waals surface area (Å²) in [6.45, 7) is 8.85. The van der Waals surface area contributed by atoms with Gasteiger partial charge in [-0.1, -0.05) is 74.1 Å². The van der Waals surface area contributed by atoms with Gasteiger partial charge in [-0.25, -0.2) is 15.0 Å². The Morgan fingerprint density at radius 2 is 1.00 bits per heavy atom. The third kappa shape index (κ3) is 9.10. The van der Waals surface area contributed by atoms with Gasteiger partial charge in [-0.15, -0.1) is 71.8 Å². The first-order chi connectivity index (χ1) is 25.9. The molecule has 0 fully saturated rings. The number of hydrogen-bond acceptors (Lipinski definition) is 7. The third-order valence-electron chi connectivity index (χ3n) is 8.68. The molecule has 0 amide bonds. The second kappa shape index (κ2) is 17.6. The van der Waals surface area contributed by atoms with Gasteiger partial charge in [0.2, 0.25) is 5.95 Å². The predicted octanol–water partition coefficient (Wildman–Crippen LogP) is 10.3. The summed E-state index contributed by atoms with van der Waals surface area (Å²) >= 11 is 0. The maximum Gasteiger partial charge on any atom is 2.00 e. The number of hydrogen-bond donors (Lipinski definition) is 0. The number of ether oxygens (including phenoxy) is 2. The van der Waals surface area contributed by atoms with Crippen molar-refractivity contribution < 1.29 is 51.6 Å². The monoisotopic (exact) mass is 1080 g/mol. The van der Waals surface area contributed by atoms with Crippen LogP contribution in [-0.2, 0) is 55.0 Å². The molecule has 4 aromatic heterocycles. The van der Waals surface area contributed by atoms with Crippen molar-refractivity contribution in [2.75, 3.05) is 0 Å². The Kier molecular flexibility index (Phi) is 12.7. The van der Waals surface area contributed by atoms with Crippen LogP contribution < -0.4 is 9.47 Å². The van der Waals surface area contributed by atoms with E-state index in [0.29, 0.717) is 40.8 Å². The van der Waals surface area contributed by atoms with E-state index in [1.54, 1.807) is 0 Å². The molecule has 0 saturated carbocycles. The molecule has 0 bridgehead atoms. The Hall–Kier alpha value is -5.03. The van der Waals surface area contributed by atoms with E-state index >= 15 is 0 Å². The number of fused-ring (bicyclic) bond motifs is 3. The molecule has 0 aliphatic rings. The van der Waals surface area contributed by atoms with Crippen LogP contribution in [0.25, 0.3) is 50.3 Å². The first kappa shape index (κ1) is 39.7. The Balaban J connectivity index is 0.00000257. The fourth-order valence-electron chi connectivity index (χ4n) is 6.48. The van der Waals surface area contributed by atoms with Crippen LogP contribution in [0, 0.1) is 36.1 Å². The van der Waals surface area contributed by atoms with Gasteiger partial charge < -0.3 is 24.0 Å². The Bertz CT molecular complexity index is 2400. The molecule has 8 aromatic rings. The third-order valence-corrected chi connectivity index (χ3v) is 8.68. The van der Waals surface area contributed by atoms with E-state index < -0.39 is 0 Å². The summed E-state index contributed by atoms with van der Waals surface area (Å²) in [5.41, 5.74) is 7.35. The molecular weight excluding hydrogens is 1050 g/mol. The van der Waals surface area contributed by atoms with E-state index in [0.717, 1.165) is 57.2 Å². The molecule has 0 atom stereocenters. The Morgan fingerprint density at radius 1 is 0.545 bits per heavy atom. The van der Waals surface area contributed by atoms with Crippen LogP contribution in [0.4, 0.5) is 0 Å². The van der Waals surface area contributed by atoms with Crippen LogP contribution in [0.5, 0.6) is 23.0 Å². The van der Waals surface area contributed by atoms with Crippen LogP contribution in [0.1, 0.15) is 38.8 Å². The second-order valence-corrected chi connectivity index (χ2v) is 13.8. The quantitative estimate of drug-likeness (QED) is 0.119.